The number of halogens is 1. The summed E-state index contributed by atoms with van der Waals surface area (Å²) in [6.07, 6.45) is 0. The zero-order valence-electron chi connectivity index (χ0n) is 13.0. The van der Waals surface area contributed by atoms with Gasteiger partial charge in [0.25, 0.3) is 0 Å². The van der Waals surface area contributed by atoms with Crippen molar-refractivity contribution in [2.75, 3.05) is 18.0 Å². The molecule has 3 rings (SSSR count). The topological polar surface area (TPSA) is 32.3 Å². The van der Waals surface area contributed by atoms with Crippen LogP contribution in [-0.4, -0.2) is 24.2 Å². The van der Waals surface area contributed by atoms with Gasteiger partial charge in [-0.15, -0.1) is 11.8 Å². The number of carbonyl (C=O) groups is 1. The molecule has 1 atom stereocenters. The molecule has 0 radical (unpaired) electrons. The Morgan fingerprint density at radius 3 is 2.96 bits per heavy atom. The fourth-order valence-corrected chi connectivity index (χ4v) is 4.32. The van der Waals surface area contributed by atoms with Gasteiger partial charge < -0.3 is 10.2 Å². The van der Waals surface area contributed by atoms with E-state index in [1.54, 1.807) is 0 Å². The predicted molar refractivity (Wildman–Crippen MR) is 100.0 cm³/mol. The van der Waals surface area contributed by atoms with Crippen LogP contribution < -0.4 is 10.2 Å². The number of para-hydroxylation sites is 1. The molecule has 5 heteroatoms. The number of amides is 1. The van der Waals surface area contributed by atoms with Crippen LogP contribution in [0.5, 0.6) is 0 Å². The fraction of sp³-hybridized carbons (Fsp3) is 0.278. The van der Waals surface area contributed by atoms with Crippen molar-refractivity contribution < 1.29 is 4.79 Å². The molecule has 2 aromatic carbocycles. The van der Waals surface area contributed by atoms with Crippen molar-refractivity contribution >= 4 is 39.3 Å². The quantitative estimate of drug-likeness (QED) is 0.853. The number of rotatable bonds is 4. The van der Waals surface area contributed by atoms with E-state index in [9.17, 15) is 4.79 Å². The number of carbonyl (C=O) groups excluding carboxylic acids is 1. The van der Waals surface area contributed by atoms with Gasteiger partial charge in [0.2, 0.25) is 5.91 Å². The Morgan fingerprint density at radius 2 is 2.13 bits per heavy atom. The minimum absolute atomic E-state index is 0.0545. The first kappa shape index (κ1) is 16.4. The van der Waals surface area contributed by atoms with Gasteiger partial charge in [-0.2, -0.15) is 0 Å². The van der Waals surface area contributed by atoms with Crippen molar-refractivity contribution in [3.63, 3.8) is 0 Å². The molecule has 23 heavy (non-hydrogen) atoms. The maximum absolute atomic E-state index is 12.3. The molecule has 0 spiro atoms. The molecule has 0 saturated carbocycles. The van der Waals surface area contributed by atoms with Crippen molar-refractivity contribution in [3.8, 4) is 0 Å². The summed E-state index contributed by atoms with van der Waals surface area (Å²) in [7, 11) is 0. The average Bonchev–Trinajstić information content (AvgIpc) is 2.53. The first-order chi connectivity index (χ1) is 11.1. The number of nitrogens with zero attached hydrogens (tertiary/aromatic N) is 1. The molecule has 0 unspecified atom stereocenters. The van der Waals surface area contributed by atoms with Crippen LogP contribution in [0.3, 0.4) is 0 Å². The number of anilines is 1. The van der Waals surface area contributed by atoms with E-state index < -0.39 is 0 Å². The molecule has 1 aliphatic rings. The monoisotopic (exact) mass is 390 g/mol. The third-order valence-electron chi connectivity index (χ3n) is 3.72. The maximum Gasteiger partial charge on any atom is 0.239 e. The Labute approximate surface area is 149 Å². The van der Waals surface area contributed by atoms with Gasteiger partial charge in [-0.05, 0) is 29.8 Å². The van der Waals surface area contributed by atoms with Crippen molar-refractivity contribution in [2.24, 2.45) is 0 Å². The van der Waals surface area contributed by atoms with E-state index in [4.69, 9.17) is 0 Å². The second-order valence-corrected chi connectivity index (χ2v) is 8.08. The number of hydrogen-bond donors (Lipinski definition) is 1. The Kier molecular flexibility index (Phi) is 5.28. The minimum atomic E-state index is 0.0545. The van der Waals surface area contributed by atoms with Gasteiger partial charge in [0.05, 0.1) is 12.2 Å². The summed E-state index contributed by atoms with van der Waals surface area (Å²) in [5.74, 6) is 0.0545. The molecule has 0 fully saturated rings. The Hall–Kier alpha value is -1.46. The Balaban J connectivity index is 1.62. The molecular formula is C18H19BrN2OS. The van der Waals surface area contributed by atoms with Crippen LogP contribution in [0.4, 0.5) is 5.69 Å². The zero-order valence-corrected chi connectivity index (χ0v) is 15.4. The third-order valence-corrected chi connectivity index (χ3v) is 5.37. The van der Waals surface area contributed by atoms with E-state index >= 15 is 0 Å². The van der Waals surface area contributed by atoms with E-state index in [0.29, 0.717) is 18.3 Å². The second kappa shape index (κ2) is 7.41. The SMILES string of the molecule is C[C@H]1CN(CC(=O)NCc2cccc(Br)c2)c2ccccc2S1. The highest BCUT2D eigenvalue weighted by Crippen LogP contribution is 2.37. The van der Waals surface area contributed by atoms with Crippen molar-refractivity contribution in [2.45, 2.75) is 23.6 Å². The standard InChI is InChI=1S/C18H19BrN2OS/c1-13-11-21(16-7-2-3-8-17(16)23-13)12-18(22)20-10-14-5-4-6-15(19)9-14/h2-9,13H,10-12H2,1H3,(H,20,22)/t13-/m0/s1. The molecule has 0 aliphatic carbocycles. The third kappa shape index (κ3) is 4.30. The lowest BCUT2D eigenvalue weighted by atomic mass is 10.2. The van der Waals surface area contributed by atoms with Crippen molar-refractivity contribution in [1.82, 2.24) is 5.32 Å². The van der Waals surface area contributed by atoms with Crippen molar-refractivity contribution in [1.29, 1.82) is 0 Å². The number of hydrogen-bond acceptors (Lipinski definition) is 3. The number of thioether (sulfide) groups is 1. The highest BCUT2D eigenvalue weighted by Gasteiger charge is 2.23. The molecule has 1 heterocycles. The molecule has 0 bridgehead atoms. The van der Waals surface area contributed by atoms with Gasteiger partial charge in [0, 0.05) is 27.7 Å². The van der Waals surface area contributed by atoms with Gasteiger partial charge >= 0.3 is 0 Å². The van der Waals surface area contributed by atoms with Crippen LogP contribution in [-0.2, 0) is 11.3 Å². The summed E-state index contributed by atoms with van der Waals surface area (Å²) < 4.78 is 1.03. The van der Waals surface area contributed by atoms with E-state index in [1.807, 2.05) is 42.1 Å². The first-order valence-electron chi connectivity index (χ1n) is 7.63. The zero-order chi connectivity index (χ0) is 16.2. The predicted octanol–water partition coefficient (Wildman–Crippen LogP) is 4.07. The first-order valence-corrected chi connectivity index (χ1v) is 9.31. The van der Waals surface area contributed by atoms with Crippen LogP contribution in [0.1, 0.15) is 12.5 Å². The summed E-state index contributed by atoms with van der Waals surface area (Å²) in [6.45, 7) is 4.05. The number of nitrogens with one attached hydrogen (secondary N) is 1. The number of benzene rings is 2. The lowest BCUT2D eigenvalue weighted by molar-refractivity contribution is -0.119. The van der Waals surface area contributed by atoms with Gasteiger partial charge in [-0.1, -0.05) is 47.1 Å². The molecule has 1 N–H and O–H groups in total. The molecule has 0 aromatic heterocycles. The molecule has 1 amide bonds. The Morgan fingerprint density at radius 1 is 1.30 bits per heavy atom. The average molecular weight is 391 g/mol. The summed E-state index contributed by atoms with van der Waals surface area (Å²) in [5.41, 5.74) is 2.25. The summed E-state index contributed by atoms with van der Waals surface area (Å²) in [5, 5.41) is 3.50. The lowest BCUT2D eigenvalue weighted by Crippen LogP contribution is -2.41. The molecule has 0 saturated heterocycles. The molecule has 2 aromatic rings. The molecule has 1 aliphatic heterocycles. The minimum Gasteiger partial charge on any atom is -0.360 e. The van der Waals surface area contributed by atoms with Gasteiger partial charge in [-0.3, -0.25) is 4.79 Å². The fourth-order valence-electron chi connectivity index (χ4n) is 2.71. The van der Waals surface area contributed by atoms with Gasteiger partial charge in [0.1, 0.15) is 0 Å². The summed E-state index contributed by atoms with van der Waals surface area (Å²) in [6, 6.07) is 16.3. The molecule has 3 nitrogen and oxygen atoms in total. The Bertz CT molecular complexity index is 707. The highest BCUT2D eigenvalue weighted by molar-refractivity contribution is 9.10. The second-order valence-electron chi connectivity index (χ2n) is 5.68. The smallest absolute Gasteiger partial charge is 0.239 e. The number of fused-ring (bicyclic) bond motifs is 1. The van der Waals surface area contributed by atoms with Crippen molar-refractivity contribution in [3.05, 3.63) is 58.6 Å². The maximum atomic E-state index is 12.3. The van der Waals surface area contributed by atoms with Crippen LogP contribution in [0.2, 0.25) is 0 Å². The summed E-state index contributed by atoms with van der Waals surface area (Å²) >= 11 is 5.33. The largest absolute Gasteiger partial charge is 0.360 e. The van der Waals surface area contributed by atoms with E-state index in [-0.39, 0.29) is 5.91 Å². The van der Waals surface area contributed by atoms with Crippen LogP contribution in [0.15, 0.2) is 57.9 Å². The lowest BCUT2D eigenvalue weighted by Gasteiger charge is -2.33. The van der Waals surface area contributed by atoms with E-state index in [2.05, 4.69) is 51.3 Å². The van der Waals surface area contributed by atoms with Crippen LogP contribution >= 0.6 is 27.7 Å². The van der Waals surface area contributed by atoms with Crippen LogP contribution in [0.25, 0.3) is 0 Å². The van der Waals surface area contributed by atoms with E-state index in [1.165, 1.54) is 4.90 Å². The highest BCUT2D eigenvalue weighted by atomic mass is 79.9. The molecular weight excluding hydrogens is 372 g/mol. The van der Waals surface area contributed by atoms with Gasteiger partial charge in [-0.25, -0.2) is 0 Å². The normalized spacial score (nSPS) is 16.8. The van der Waals surface area contributed by atoms with Crippen LogP contribution in [0, 0.1) is 0 Å². The molecule has 120 valence electrons. The van der Waals surface area contributed by atoms with Gasteiger partial charge in [0.15, 0.2) is 0 Å². The van der Waals surface area contributed by atoms with E-state index in [0.717, 1.165) is 22.3 Å². The summed E-state index contributed by atoms with van der Waals surface area (Å²) in [4.78, 5) is 15.7.